The summed E-state index contributed by atoms with van der Waals surface area (Å²) >= 11 is 0. The lowest BCUT2D eigenvalue weighted by Gasteiger charge is -2.58. The lowest BCUT2D eigenvalue weighted by Crippen LogP contribution is -2.63. The zero-order chi connectivity index (χ0) is 26.3. The molecule has 1 aromatic rings. The van der Waals surface area contributed by atoms with Crippen LogP contribution >= 0.6 is 0 Å². The summed E-state index contributed by atoms with van der Waals surface area (Å²) in [7, 11) is 1.59. The molecule has 4 fully saturated rings. The first-order chi connectivity index (χ1) is 16.9. The van der Waals surface area contributed by atoms with E-state index in [4.69, 9.17) is 15.2 Å². The van der Waals surface area contributed by atoms with Crippen LogP contribution in [0.3, 0.4) is 0 Å². The monoisotopic (exact) mass is 501 g/mol. The van der Waals surface area contributed by atoms with Gasteiger partial charge in [-0.25, -0.2) is 9.48 Å². The number of carbonyl (C=O) groups is 3. The molecule has 0 spiro atoms. The Morgan fingerprint density at radius 3 is 2.50 bits per heavy atom. The minimum absolute atomic E-state index is 0.00248. The molecule has 4 aliphatic rings. The Hall–Kier alpha value is -3.04. The summed E-state index contributed by atoms with van der Waals surface area (Å²) in [5, 5.41) is 10.3. The van der Waals surface area contributed by atoms with Crippen molar-refractivity contribution < 1.29 is 23.9 Å². The highest BCUT2D eigenvalue weighted by Crippen LogP contribution is 2.57. The van der Waals surface area contributed by atoms with E-state index in [2.05, 4.69) is 15.7 Å². The fourth-order valence-electron chi connectivity index (χ4n) is 6.41. The van der Waals surface area contributed by atoms with Crippen LogP contribution in [-0.4, -0.2) is 53.0 Å². The number of nitrogens with one attached hydrogen (secondary N) is 2. The molecule has 198 valence electrons. The molecular weight excluding hydrogens is 462 g/mol. The van der Waals surface area contributed by atoms with E-state index >= 15 is 0 Å². The molecule has 5 rings (SSSR count). The van der Waals surface area contributed by atoms with Gasteiger partial charge >= 0.3 is 6.09 Å². The van der Waals surface area contributed by atoms with Crippen molar-refractivity contribution in [2.75, 3.05) is 13.7 Å². The molecule has 4 bridgehead atoms. The van der Waals surface area contributed by atoms with Gasteiger partial charge in [0.1, 0.15) is 11.2 Å². The minimum Gasteiger partial charge on any atom is -0.477 e. The van der Waals surface area contributed by atoms with E-state index in [0.717, 1.165) is 32.1 Å². The number of carbonyl (C=O) groups excluding carboxylic acids is 3. The van der Waals surface area contributed by atoms with Crippen molar-refractivity contribution in [3.05, 3.63) is 17.8 Å². The summed E-state index contributed by atoms with van der Waals surface area (Å²) in [5.41, 5.74) is 4.48. The van der Waals surface area contributed by atoms with E-state index in [0.29, 0.717) is 24.0 Å². The number of rotatable bonds is 9. The Kier molecular flexibility index (Phi) is 7.07. The van der Waals surface area contributed by atoms with E-state index in [1.54, 1.807) is 33.2 Å². The number of nitrogens with two attached hydrogens (primary N) is 1. The molecule has 4 aliphatic carbocycles. The number of amides is 3. The van der Waals surface area contributed by atoms with Gasteiger partial charge in [-0.3, -0.25) is 9.59 Å². The Morgan fingerprint density at radius 2 is 1.92 bits per heavy atom. The fourth-order valence-corrected chi connectivity index (χ4v) is 6.41. The van der Waals surface area contributed by atoms with Crippen molar-refractivity contribution in [1.82, 2.24) is 20.4 Å². The number of nitrogens with zero attached hydrogens (tertiary/aromatic N) is 2. The van der Waals surface area contributed by atoms with Gasteiger partial charge in [-0.05, 0) is 69.6 Å². The normalized spacial score (nSPS) is 28.9. The molecule has 2 atom stereocenters. The maximum absolute atomic E-state index is 13.5. The number of hydrogen-bond donors (Lipinski definition) is 3. The van der Waals surface area contributed by atoms with Crippen LogP contribution in [0.2, 0.25) is 0 Å². The number of ether oxygens (including phenoxy) is 2. The first kappa shape index (κ1) is 26.0. The maximum Gasteiger partial charge on any atom is 0.405 e. The average molecular weight is 502 g/mol. The highest BCUT2D eigenvalue weighted by Gasteiger charge is 2.57. The van der Waals surface area contributed by atoms with E-state index in [-0.39, 0.29) is 35.6 Å². The largest absolute Gasteiger partial charge is 0.477 e. The van der Waals surface area contributed by atoms with Crippen molar-refractivity contribution >= 4 is 24.1 Å². The van der Waals surface area contributed by atoms with Crippen molar-refractivity contribution in [1.29, 1.82) is 0 Å². The molecule has 10 heteroatoms. The SMILES string of the molecule is CNC(=O)C(C)(C)/C=C/n1ncc(C(=O)NC2C3CC4CC2CC(OC(N)=O)(C4)C3)c1OCC(C)C. The van der Waals surface area contributed by atoms with Crippen LogP contribution in [0.15, 0.2) is 12.3 Å². The van der Waals surface area contributed by atoms with Crippen molar-refractivity contribution in [2.24, 2.45) is 34.8 Å². The fraction of sp³-hybridized carbons (Fsp3) is 0.692. The van der Waals surface area contributed by atoms with Gasteiger partial charge in [0, 0.05) is 19.3 Å². The lowest BCUT2D eigenvalue weighted by molar-refractivity contribution is -0.137. The van der Waals surface area contributed by atoms with Crippen LogP contribution in [0.4, 0.5) is 4.79 Å². The average Bonchev–Trinajstić information content (AvgIpc) is 3.19. The highest BCUT2D eigenvalue weighted by molar-refractivity contribution is 5.96. The summed E-state index contributed by atoms with van der Waals surface area (Å²) in [4.78, 5) is 37.2. The first-order valence-electron chi connectivity index (χ1n) is 12.8. The smallest absolute Gasteiger partial charge is 0.405 e. The van der Waals surface area contributed by atoms with E-state index in [9.17, 15) is 14.4 Å². The highest BCUT2D eigenvalue weighted by atomic mass is 16.6. The van der Waals surface area contributed by atoms with Crippen LogP contribution < -0.4 is 21.1 Å². The predicted octanol–water partition coefficient (Wildman–Crippen LogP) is 2.93. The molecule has 1 aromatic heterocycles. The summed E-state index contributed by atoms with van der Waals surface area (Å²) < 4.78 is 13.1. The number of primary amides is 1. The second-order valence-corrected chi connectivity index (χ2v) is 11.7. The molecule has 4 saturated carbocycles. The third-order valence-electron chi connectivity index (χ3n) is 7.82. The van der Waals surface area contributed by atoms with E-state index < -0.39 is 17.1 Å². The van der Waals surface area contributed by atoms with Crippen LogP contribution in [0.25, 0.3) is 6.20 Å². The van der Waals surface area contributed by atoms with Crippen molar-refractivity contribution in [2.45, 2.75) is 71.4 Å². The molecule has 1 heterocycles. The van der Waals surface area contributed by atoms with Crippen LogP contribution in [-0.2, 0) is 9.53 Å². The minimum atomic E-state index is -0.762. The van der Waals surface area contributed by atoms with Crippen LogP contribution in [0, 0.1) is 29.1 Å². The van der Waals surface area contributed by atoms with Gasteiger partial charge in [0.15, 0.2) is 0 Å². The predicted molar refractivity (Wildman–Crippen MR) is 134 cm³/mol. The lowest BCUT2D eigenvalue weighted by atomic mass is 9.52. The van der Waals surface area contributed by atoms with Crippen LogP contribution in [0.1, 0.15) is 70.2 Å². The molecule has 0 aromatic carbocycles. The van der Waals surface area contributed by atoms with Crippen molar-refractivity contribution in [3.63, 3.8) is 0 Å². The Bertz CT molecular complexity index is 1030. The van der Waals surface area contributed by atoms with Gasteiger partial charge < -0.3 is 25.8 Å². The summed E-state index contributed by atoms with van der Waals surface area (Å²) in [6.07, 6.45) is 8.52. The van der Waals surface area contributed by atoms with Gasteiger partial charge in [-0.2, -0.15) is 5.10 Å². The quantitative estimate of drug-likeness (QED) is 0.476. The Morgan fingerprint density at radius 1 is 1.25 bits per heavy atom. The molecule has 0 radical (unpaired) electrons. The van der Waals surface area contributed by atoms with Gasteiger partial charge in [0.05, 0.1) is 18.2 Å². The van der Waals surface area contributed by atoms with Crippen molar-refractivity contribution in [3.8, 4) is 5.88 Å². The third-order valence-corrected chi connectivity index (χ3v) is 7.82. The maximum atomic E-state index is 13.5. The Balaban J connectivity index is 1.53. The third kappa shape index (κ3) is 5.22. The second kappa shape index (κ2) is 9.78. The van der Waals surface area contributed by atoms with Crippen LogP contribution in [0.5, 0.6) is 5.88 Å². The zero-order valence-electron chi connectivity index (χ0n) is 21.9. The van der Waals surface area contributed by atoms with Gasteiger partial charge in [-0.15, -0.1) is 0 Å². The van der Waals surface area contributed by atoms with Gasteiger partial charge in [0.2, 0.25) is 11.8 Å². The van der Waals surface area contributed by atoms with Gasteiger partial charge in [0.25, 0.3) is 5.91 Å². The van der Waals surface area contributed by atoms with E-state index in [1.165, 1.54) is 10.9 Å². The number of hydrogen-bond acceptors (Lipinski definition) is 6. The van der Waals surface area contributed by atoms with Gasteiger partial charge in [-0.1, -0.05) is 19.9 Å². The van der Waals surface area contributed by atoms with E-state index in [1.807, 2.05) is 13.8 Å². The zero-order valence-corrected chi connectivity index (χ0v) is 21.9. The molecule has 3 amide bonds. The molecule has 10 nitrogen and oxygen atoms in total. The Labute approximate surface area is 212 Å². The second-order valence-electron chi connectivity index (χ2n) is 11.7. The molecule has 4 N–H and O–H groups in total. The molecule has 0 saturated heterocycles. The topological polar surface area (TPSA) is 138 Å². The first-order valence-corrected chi connectivity index (χ1v) is 12.8. The standard InChI is InChI=1S/C26H39N5O5/c1-15(2)14-35-22-19(13-29-31(22)7-6-25(3,4)23(33)28-5)21(32)30-20-17-8-16-9-18(20)12-26(10-16,11-17)36-24(27)34/h6-7,13,15-18,20H,8-12,14H2,1-5H3,(H2,27,34)(H,28,33)(H,30,32)/b7-6+. The number of aromatic nitrogens is 2. The molecule has 2 unspecified atom stereocenters. The summed E-state index contributed by atoms with van der Waals surface area (Å²) in [6.45, 7) is 8.08. The summed E-state index contributed by atoms with van der Waals surface area (Å²) in [6, 6.07) is 0.00248. The summed E-state index contributed by atoms with van der Waals surface area (Å²) in [5.74, 6) is 1.21. The molecule has 0 aliphatic heterocycles. The molecular formula is C26H39N5O5. The molecule has 36 heavy (non-hydrogen) atoms.